The molecule has 1 unspecified atom stereocenters. The van der Waals surface area contributed by atoms with Gasteiger partial charge in [-0.2, -0.15) is 0 Å². The van der Waals surface area contributed by atoms with Crippen LogP contribution in [0.15, 0.2) is 0 Å². The summed E-state index contributed by atoms with van der Waals surface area (Å²) in [7, 11) is 0. The molecule has 1 aliphatic rings. The molecule has 1 fully saturated rings. The van der Waals surface area contributed by atoms with E-state index in [1.807, 2.05) is 0 Å². The highest BCUT2D eigenvalue weighted by molar-refractivity contribution is 4.92. The minimum absolute atomic E-state index is 0.176. The zero-order valence-electron chi connectivity index (χ0n) is 13.6. The van der Waals surface area contributed by atoms with E-state index in [2.05, 4.69) is 25.7 Å². The summed E-state index contributed by atoms with van der Waals surface area (Å²) < 4.78 is 0. The largest absolute Gasteiger partial charge is 0.326 e. The molecule has 114 valence electrons. The second-order valence-electron chi connectivity index (χ2n) is 6.86. The van der Waals surface area contributed by atoms with Gasteiger partial charge in [0.05, 0.1) is 0 Å². The molecule has 2 heteroatoms. The van der Waals surface area contributed by atoms with Gasteiger partial charge < -0.3 is 5.73 Å². The molecule has 2 N–H and O–H groups in total. The van der Waals surface area contributed by atoms with Gasteiger partial charge in [-0.05, 0) is 46.2 Å². The molecule has 0 saturated carbocycles. The van der Waals surface area contributed by atoms with Crippen molar-refractivity contribution in [2.24, 2.45) is 5.73 Å². The van der Waals surface area contributed by atoms with Crippen molar-refractivity contribution in [3.05, 3.63) is 0 Å². The third-order valence-electron chi connectivity index (χ3n) is 4.95. The van der Waals surface area contributed by atoms with Crippen LogP contribution < -0.4 is 5.73 Å². The van der Waals surface area contributed by atoms with Crippen LogP contribution in [-0.4, -0.2) is 29.6 Å². The summed E-state index contributed by atoms with van der Waals surface area (Å²) in [6.45, 7) is 9.48. The van der Waals surface area contributed by atoms with E-state index in [1.54, 1.807) is 0 Å². The predicted molar refractivity (Wildman–Crippen MR) is 85.5 cm³/mol. The molecule has 1 heterocycles. The maximum atomic E-state index is 6.51. The Kier molecular flexibility index (Phi) is 8.01. The fourth-order valence-corrected chi connectivity index (χ4v) is 3.20. The second-order valence-corrected chi connectivity index (χ2v) is 6.86. The lowest BCUT2D eigenvalue weighted by Gasteiger charge is -2.42. The molecule has 0 aromatic rings. The van der Waals surface area contributed by atoms with Gasteiger partial charge in [0, 0.05) is 11.6 Å². The molecular weight excluding hydrogens is 232 g/mol. The number of nitrogens with two attached hydrogens (primary N) is 1. The summed E-state index contributed by atoms with van der Waals surface area (Å²) in [5.74, 6) is 0. The fraction of sp³-hybridized carbons (Fsp3) is 1.00. The summed E-state index contributed by atoms with van der Waals surface area (Å²) in [4.78, 5) is 2.65. The first kappa shape index (κ1) is 17.0. The van der Waals surface area contributed by atoms with E-state index in [0.717, 1.165) is 0 Å². The molecule has 1 atom stereocenters. The molecule has 1 rings (SSSR count). The first-order valence-electron chi connectivity index (χ1n) is 8.59. The number of unbranched alkanes of at least 4 members (excludes halogenated alkanes) is 4. The minimum atomic E-state index is 0.176. The van der Waals surface area contributed by atoms with E-state index in [0.29, 0.717) is 6.04 Å². The highest BCUT2D eigenvalue weighted by Gasteiger charge is 2.32. The maximum Gasteiger partial charge on any atom is 0.0304 e. The van der Waals surface area contributed by atoms with Crippen molar-refractivity contribution in [1.82, 2.24) is 4.90 Å². The highest BCUT2D eigenvalue weighted by atomic mass is 15.2. The Hall–Kier alpha value is -0.0800. The van der Waals surface area contributed by atoms with E-state index >= 15 is 0 Å². The Labute approximate surface area is 121 Å². The lowest BCUT2D eigenvalue weighted by atomic mass is 9.88. The lowest BCUT2D eigenvalue weighted by molar-refractivity contribution is 0.0938. The normalized spacial score (nSPS) is 20.2. The Morgan fingerprint density at radius 3 is 2.11 bits per heavy atom. The zero-order chi connectivity index (χ0) is 14.1. The van der Waals surface area contributed by atoms with E-state index in [4.69, 9.17) is 5.73 Å². The van der Waals surface area contributed by atoms with Crippen LogP contribution in [0.2, 0.25) is 0 Å². The first-order chi connectivity index (χ1) is 9.09. The number of rotatable bonds is 8. The molecule has 0 aromatic heterocycles. The van der Waals surface area contributed by atoms with Crippen LogP contribution in [0.4, 0.5) is 0 Å². The van der Waals surface area contributed by atoms with Gasteiger partial charge >= 0.3 is 0 Å². The molecule has 2 nitrogen and oxygen atoms in total. The van der Waals surface area contributed by atoms with Crippen LogP contribution >= 0.6 is 0 Å². The van der Waals surface area contributed by atoms with Gasteiger partial charge in [-0.15, -0.1) is 0 Å². The summed E-state index contributed by atoms with van der Waals surface area (Å²) in [5.41, 5.74) is 6.68. The van der Waals surface area contributed by atoms with Gasteiger partial charge in [-0.3, -0.25) is 4.90 Å². The van der Waals surface area contributed by atoms with Gasteiger partial charge in [0.15, 0.2) is 0 Å². The molecule has 0 amide bonds. The van der Waals surface area contributed by atoms with Crippen LogP contribution in [-0.2, 0) is 0 Å². The maximum absolute atomic E-state index is 6.51. The summed E-state index contributed by atoms with van der Waals surface area (Å²) in [6.07, 6.45) is 13.4. The summed E-state index contributed by atoms with van der Waals surface area (Å²) in [6, 6.07) is 0.326. The van der Waals surface area contributed by atoms with Crippen molar-refractivity contribution in [3.63, 3.8) is 0 Å². The highest BCUT2D eigenvalue weighted by Crippen LogP contribution is 2.25. The van der Waals surface area contributed by atoms with Gasteiger partial charge in [0.2, 0.25) is 0 Å². The van der Waals surface area contributed by atoms with E-state index in [9.17, 15) is 0 Å². The first-order valence-corrected chi connectivity index (χ1v) is 8.59. The quantitative estimate of drug-likeness (QED) is 0.664. The number of likely N-dealkylation sites (tertiary alicyclic amines) is 1. The Morgan fingerprint density at radius 1 is 0.947 bits per heavy atom. The molecule has 0 radical (unpaired) electrons. The average Bonchev–Trinajstić information content (AvgIpc) is 2.67. The molecule has 0 aliphatic carbocycles. The van der Waals surface area contributed by atoms with Crippen molar-refractivity contribution in [2.45, 2.75) is 96.6 Å². The van der Waals surface area contributed by atoms with Crippen molar-refractivity contribution in [2.75, 3.05) is 13.1 Å². The molecular formula is C17H36N2. The molecule has 1 aliphatic heterocycles. The Morgan fingerprint density at radius 2 is 1.53 bits per heavy atom. The van der Waals surface area contributed by atoms with Gasteiger partial charge in [-0.1, -0.05) is 51.9 Å². The molecule has 0 spiro atoms. The van der Waals surface area contributed by atoms with Crippen LogP contribution in [0.5, 0.6) is 0 Å². The van der Waals surface area contributed by atoms with E-state index in [1.165, 1.54) is 77.3 Å². The zero-order valence-corrected chi connectivity index (χ0v) is 13.6. The average molecular weight is 268 g/mol. The van der Waals surface area contributed by atoms with Crippen LogP contribution in [0.3, 0.4) is 0 Å². The van der Waals surface area contributed by atoms with Gasteiger partial charge in [-0.25, -0.2) is 0 Å². The fourth-order valence-electron chi connectivity index (χ4n) is 3.20. The van der Waals surface area contributed by atoms with Crippen LogP contribution in [0.25, 0.3) is 0 Å². The monoisotopic (exact) mass is 268 g/mol. The van der Waals surface area contributed by atoms with Crippen LogP contribution in [0, 0.1) is 0 Å². The number of hydrogen-bond donors (Lipinski definition) is 1. The molecule has 1 saturated heterocycles. The summed E-state index contributed by atoms with van der Waals surface area (Å²) in [5, 5.41) is 0. The van der Waals surface area contributed by atoms with Crippen molar-refractivity contribution in [3.8, 4) is 0 Å². The van der Waals surface area contributed by atoms with E-state index in [-0.39, 0.29) is 5.54 Å². The van der Waals surface area contributed by atoms with E-state index < -0.39 is 0 Å². The third-order valence-corrected chi connectivity index (χ3v) is 4.95. The molecule has 19 heavy (non-hydrogen) atoms. The Balaban J connectivity index is 2.32. The smallest absolute Gasteiger partial charge is 0.0304 e. The van der Waals surface area contributed by atoms with Crippen molar-refractivity contribution >= 4 is 0 Å². The predicted octanol–water partition coefficient (Wildman–Crippen LogP) is 4.33. The van der Waals surface area contributed by atoms with Crippen LogP contribution in [0.1, 0.15) is 85.0 Å². The third kappa shape index (κ3) is 5.83. The molecule has 0 aromatic carbocycles. The standard InChI is InChI=1S/C17H36N2/c1-4-5-6-7-10-13-16(18)17(2,3)19-14-11-8-9-12-15-19/h16H,4-15,18H2,1-3H3. The molecule has 0 bridgehead atoms. The topological polar surface area (TPSA) is 29.3 Å². The number of hydrogen-bond acceptors (Lipinski definition) is 2. The Bertz CT molecular complexity index is 217. The van der Waals surface area contributed by atoms with Crippen molar-refractivity contribution < 1.29 is 0 Å². The lowest BCUT2D eigenvalue weighted by Crippen LogP contribution is -2.56. The summed E-state index contributed by atoms with van der Waals surface area (Å²) >= 11 is 0. The number of nitrogens with zero attached hydrogens (tertiary/aromatic N) is 1. The van der Waals surface area contributed by atoms with Crippen molar-refractivity contribution in [1.29, 1.82) is 0 Å². The second kappa shape index (κ2) is 8.97. The minimum Gasteiger partial charge on any atom is -0.326 e. The van der Waals surface area contributed by atoms with Gasteiger partial charge in [0.25, 0.3) is 0 Å². The SMILES string of the molecule is CCCCCCCC(N)C(C)(C)N1CCCCCC1. The van der Waals surface area contributed by atoms with Gasteiger partial charge in [0.1, 0.15) is 0 Å².